The maximum absolute atomic E-state index is 4.41. The summed E-state index contributed by atoms with van der Waals surface area (Å²) >= 11 is 0. The van der Waals surface area contributed by atoms with Crippen molar-refractivity contribution in [2.75, 3.05) is 5.32 Å². The first-order valence-corrected chi connectivity index (χ1v) is 8.60. The van der Waals surface area contributed by atoms with Crippen LogP contribution in [0.4, 0.5) is 5.69 Å². The molecule has 0 saturated heterocycles. The van der Waals surface area contributed by atoms with Gasteiger partial charge in [-0.3, -0.25) is 5.10 Å². The Bertz CT molecular complexity index is 772. The van der Waals surface area contributed by atoms with Gasteiger partial charge in [0.1, 0.15) is 11.6 Å². The second-order valence-corrected chi connectivity index (χ2v) is 6.33. The Morgan fingerprint density at radius 1 is 1.04 bits per heavy atom. The lowest BCUT2D eigenvalue weighted by Gasteiger charge is -2.08. The van der Waals surface area contributed by atoms with Crippen molar-refractivity contribution in [1.29, 1.82) is 0 Å². The molecule has 0 spiro atoms. The van der Waals surface area contributed by atoms with Crippen LogP contribution < -0.4 is 5.32 Å². The summed E-state index contributed by atoms with van der Waals surface area (Å²) in [5.74, 6) is 2.24. The maximum Gasteiger partial charge on any atom is 0.137 e. The van der Waals surface area contributed by atoms with E-state index >= 15 is 0 Å². The molecule has 3 heterocycles. The molecule has 1 aliphatic rings. The SMILES string of the molecule is c1n[nH]cc1CNc1ccc(Cc2nnc3n2CCCCC3)cc1. The molecule has 0 atom stereocenters. The zero-order valence-corrected chi connectivity index (χ0v) is 13.7. The van der Waals surface area contributed by atoms with E-state index in [4.69, 9.17) is 0 Å². The lowest BCUT2D eigenvalue weighted by atomic mass is 10.1. The molecule has 124 valence electrons. The first-order valence-electron chi connectivity index (χ1n) is 8.60. The third-order valence-corrected chi connectivity index (χ3v) is 4.55. The second kappa shape index (κ2) is 6.86. The van der Waals surface area contributed by atoms with Crippen molar-refractivity contribution in [3.63, 3.8) is 0 Å². The summed E-state index contributed by atoms with van der Waals surface area (Å²) in [6.45, 7) is 1.83. The normalized spacial score (nSPS) is 14.2. The highest BCUT2D eigenvalue weighted by Gasteiger charge is 2.14. The van der Waals surface area contributed by atoms with Gasteiger partial charge in [-0.2, -0.15) is 5.10 Å². The minimum absolute atomic E-state index is 0.771. The molecule has 1 aliphatic heterocycles. The molecular weight excluding hydrogens is 300 g/mol. The molecule has 0 amide bonds. The molecule has 3 aromatic rings. The van der Waals surface area contributed by atoms with E-state index in [2.05, 4.69) is 54.5 Å². The van der Waals surface area contributed by atoms with Crippen molar-refractivity contribution >= 4 is 5.69 Å². The maximum atomic E-state index is 4.41. The summed E-state index contributed by atoms with van der Waals surface area (Å²) in [5.41, 5.74) is 3.52. The number of hydrogen-bond donors (Lipinski definition) is 2. The van der Waals surface area contributed by atoms with Crippen LogP contribution in [0.3, 0.4) is 0 Å². The standard InChI is InChI=1S/C18H22N6/c1-2-4-17-22-23-18(24(17)9-3-1)10-14-5-7-16(8-6-14)19-11-15-12-20-21-13-15/h5-8,12-13,19H,1-4,9-11H2,(H,20,21). The molecule has 2 N–H and O–H groups in total. The van der Waals surface area contributed by atoms with E-state index in [-0.39, 0.29) is 0 Å². The van der Waals surface area contributed by atoms with Crippen molar-refractivity contribution in [2.24, 2.45) is 0 Å². The largest absolute Gasteiger partial charge is 0.381 e. The van der Waals surface area contributed by atoms with Crippen LogP contribution in [-0.4, -0.2) is 25.0 Å². The van der Waals surface area contributed by atoms with Crippen molar-refractivity contribution in [2.45, 2.75) is 45.2 Å². The van der Waals surface area contributed by atoms with Gasteiger partial charge in [0.15, 0.2) is 0 Å². The Morgan fingerprint density at radius 2 is 1.96 bits per heavy atom. The van der Waals surface area contributed by atoms with E-state index in [1.165, 1.54) is 24.8 Å². The van der Waals surface area contributed by atoms with Gasteiger partial charge in [-0.1, -0.05) is 18.6 Å². The number of aromatic nitrogens is 5. The van der Waals surface area contributed by atoms with Crippen LogP contribution in [0.1, 0.15) is 42.0 Å². The van der Waals surface area contributed by atoms with Crippen LogP contribution in [-0.2, 0) is 25.9 Å². The van der Waals surface area contributed by atoms with Crippen LogP contribution in [0.2, 0.25) is 0 Å². The minimum Gasteiger partial charge on any atom is -0.381 e. The van der Waals surface area contributed by atoms with Gasteiger partial charge in [-0.05, 0) is 30.5 Å². The average Bonchev–Trinajstić information content (AvgIpc) is 3.19. The minimum atomic E-state index is 0.771. The molecule has 1 aromatic carbocycles. The molecule has 0 unspecified atom stereocenters. The second-order valence-electron chi connectivity index (χ2n) is 6.33. The Balaban J connectivity index is 1.41. The summed E-state index contributed by atoms with van der Waals surface area (Å²) in [4.78, 5) is 0. The van der Waals surface area contributed by atoms with Crippen LogP contribution in [0, 0.1) is 0 Å². The Morgan fingerprint density at radius 3 is 2.79 bits per heavy atom. The molecule has 0 saturated carbocycles. The highest BCUT2D eigenvalue weighted by Crippen LogP contribution is 2.18. The molecule has 0 fully saturated rings. The van der Waals surface area contributed by atoms with Crippen LogP contribution in [0.25, 0.3) is 0 Å². The molecule has 24 heavy (non-hydrogen) atoms. The summed E-state index contributed by atoms with van der Waals surface area (Å²) in [6.07, 6.45) is 9.39. The third kappa shape index (κ3) is 3.32. The fourth-order valence-electron chi connectivity index (χ4n) is 3.18. The predicted molar refractivity (Wildman–Crippen MR) is 92.7 cm³/mol. The molecule has 0 aliphatic carbocycles. The quantitative estimate of drug-likeness (QED) is 0.757. The lowest BCUT2D eigenvalue weighted by Crippen LogP contribution is -2.06. The van der Waals surface area contributed by atoms with E-state index < -0.39 is 0 Å². The van der Waals surface area contributed by atoms with Crippen molar-refractivity contribution in [3.8, 4) is 0 Å². The van der Waals surface area contributed by atoms with Crippen molar-refractivity contribution in [1.82, 2.24) is 25.0 Å². The Hall–Kier alpha value is -2.63. The van der Waals surface area contributed by atoms with E-state index in [9.17, 15) is 0 Å². The monoisotopic (exact) mass is 322 g/mol. The van der Waals surface area contributed by atoms with Gasteiger partial charge in [0.05, 0.1) is 6.20 Å². The van der Waals surface area contributed by atoms with Crippen molar-refractivity contribution < 1.29 is 0 Å². The number of nitrogens with one attached hydrogen (secondary N) is 2. The van der Waals surface area contributed by atoms with E-state index in [1.807, 2.05) is 12.4 Å². The van der Waals surface area contributed by atoms with Crippen LogP contribution >= 0.6 is 0 Å². The molecule has 6 heteroatoms. The number of H-pyrrole nitrogens is 1. The zero-order chi connectivity index (χ0) is 16.2. The van der Waals surface area contributed by atoms with Gasteiger partial charge in [0, 0.05) is 43.4 Å². The third-order valence-electron chi connectivity index (χ3n) is 4.55. The van der Waals surface area contributed by atoms with Gasteiger partial charge in [-0.25, -0.2) is 0 Å². The molecule has 2 aromatic heterocycles. The Labute approximate surface area is 141 Å². The number of anilines is 1. The zero-order valence-electron chi connectivity index (χ0n) is 13.7. The van der Waals surface area contributed by atoms with Gasteiger partial charge in [0.2, 0.25) is 0 Å². The highest BCUT2D eigenvalue weighted by atomic mass is 15.3. The van der Waals surface area contributed by atoms with Crippen LogP contribution in [0.15, 0.2) is 36.7 Å². The number of aromatic amines is 1. The van der Waals surface area contributed by atoms with Gasteiger partial charge >= 0.3 is 0 Å². The highest BCUT2D eigenvalue weighted by molar-refractivity contribution is 5.45. The van der Waals surface area contributed by atoms with Gasteiger partial charge in [0.25, 0.3) is 0 Å². The van der Waals surface area contributed by atoms with E-state index in [1.54, 1.807) is 0 Å². The first-order chi connectivity index (χ1) is 11.9. The number of hydrogen-bond acceptors (Lipinski definition) is 4. The lowest BCUT2D eigenvalue weighted by molar-refractivity contribution is 0.611. The van der Waals surface area contributed by atoms with Crippen molar-refractivity contribution in [3.05, 3.63) is 59.4 Å². The number of benzene rings is 1. The summed E-state index contributed by atoms with van der Waals surface area (Å²) in [6, 6.07) is 8.57. The summed E-state index contributed by atoms with van der Waals surface area (Å²) in [5, 5.41) is 19.0. The van der Waals surface area contributed by atoms with Crippen LogP contribution in [0.5, 0.6) is 0 Å². The molecule has 0 radical (unpaired) electrons. The summed E-state index contributed by atoms with van der Waals surface area (Å²) in [7, 11) is 0. The number of rotatable bonds is 5. The smallest absolute Gasteiger partial charge is 0.137 e. The molecule has 0 bridgehead atoms. The fourth-order valence-corrected chi connectivity index (χ4v) is 3.18. The topological polar surface area (TPSA) is 71.4 Å². The molecule has 4 rings (SSSR count). The Kier molecular flexibility index (Phi) is 4.27. The number of aryl methyl sites for hydroxylation is 1. The van der Waals surface area contributed by atoms with Gasteiger partial charge in [-0.15, -0.1) is 10.2 Å². The van der Waals surface area contributed by atoms with E-state index in [0.717, 1.165) is 48.8 Å². The number of fused-ring (bicyclic) bond motifs is 1. The summed E-state index contributed by atoms with van der Waals surface area (Å²) < 4.78 is 2.32. The van der Waals surface area contributed by atoms with E-state index in [0.29, 0.717) is 0 Å². The first kappa shape index (κ1) is 14.9. The predicted octanol–water partition coefficient (Wildman–Crippen LogP) is 2.93. The van der Waals surface area contributed by atoms with Gasteiger partial charge < -0.3 is 9.88 Å². The fraction of sp³-hybridized carbons (Fsp3) is 0.389. The molecule has 6 nitrogen and oxygen atoms in total. The average molecular weight is 322 g/mol. The molecular formula is C18H22N6. The number of nitrogens with zero attached hydrogens (tertiary/aromatic N) is 4.